The van der Waals surface area contributed by atoms with Crippen molar-refractivity contribution in [3.05, 3.63) is 33.9 Å². The molecule has 7 heteroatoms. The molecule has 1 amide bonds. The summed E-state index contributed by atoms with van der Waals surface area (Å²) in [7, 11) is 1.63. The topological polar surface area (TPSA) is 107 Å². The molecule has 0 saturated carbocycles. The van der Waals surface area contributed by atoms with Crippen LogP contribution < -0.4 is 15.8 Å². The van der Waals surface area contributed by atoms with E-state index in [0.29, 0.717) is 17.7 Å². The Hall–Kier alpha value is -2.15. The second-order valence-corrected chi connectivity index (χ2v) is 4.04. The third kappa shape index (κ3) is 3.92. The molecule has 7 nitrogen and oxygen atoms in total. The first-order valence-corrected chi connectivity index (χ1v) is 5.80. The Morgan fingerprint density at radius 2 is 2.26 bits per heavy atom. The van der Waals surface area contributed by atoms with E-state index in [-0.39, 0.29) is 12.3 Å². The number of likely N-dealkylation sites (N-methyl/N-ethyl adjacent to an activating group) is 1. The number of primary amides is 1. The van der Waals surface area contributed by atoms with Gasteiger partial charge in [0.15, 0.2) is 0 Å². The van der Waals surface area contributed by atoms with Gasteiger partial charge in [-0.2, -0.15) is 0 Å². The molecule has 0 aliphatic rings. The number of rotatable bonds is 7. The highest BCUT2D eigenvalue weighted by molar-refractivity contribution is 5.79. The summed E-state index contributed by atoms with van der Waals surface area (Å²) in [5.41, 5.74) is 5.65. The number of nitrogens with one attached hydrogen (secondary N) is 1. The molecule has 1 rings (SSSR count). The van der Waals surface area contributed by atoms with Gasteiger partial charge in [-0.05, 0) is 20.0 Å². The number of nitro benzene ring substituents is 1. The number of amides is 1. The van der Waals surface area contributed by atoms with Crippen molar-refractivity contribution in [1.29, 1.82) is 0 Å². The van der Waals surface area contributed by atoms with Crippen LogP contribution in [0.2, 0.25) is 0 Å². The number of benzene rings is 1. The first-order chi connectivity index (χ1) is 8.97. The zero-order valence-corrected chi connectivity index (χ0v) is 10.9. The maximum Gasteiger partial charge on any atom is 0.276 e. The molecule has 0 heterocycles. The fourth-order valence-corrected chi connectivity index (χ4v) is 1.67. The highest BCUT2D eigenvalue weighted by Crippen LogP contribution is 2.26. The minimum Gasteiger partial charge on any atom is -0.493 e. The van der Waals surface area contributed by atoms with Crippen molar-refractivity contribution in [3.8, 4) is 5.75 Å². The molecule has 1 atom stereocenters. The molecule has 0 bridgehead atoms. The van der Waals surface area contributed by atoms with Crippen LogP contribution in [0.5, 0.6) is 5.75 Å². The molecule has 0 aliphatic heterocycles. The molecule has 0 spiro atoms. The summed E-state index contributed by atoms with van der Waals surface area (Å²) in [5.74, 6) is -0.0182. The smallest absolute Gasteiger partial charge is 0.276 e. The van der Waals surface area contributed by atoms with Gasteiger partial charge in [-0.25, -0.2) is 0 Å². The standard InChI is InChI=1S/C12H17N3O4/c1-8-10(15(17)18)4-3-5-11(8)19-7-6-9(14-2)12(13)16/h3-5,9,14H,6-7H2,1-2H3,(H2,13,16). The van der Waals surface area contributed by atoms with E-state index < -0.39 is 16.9 Å². The normalized spacial score (nSPS) is 11.9. The number of hydrogen-bond acceptors (Lipinski definition) is 5. The highest BCUT2D eigenvalue weighted by atomic mass is 16.6. The van der Waals surface area contributed by atoms with E-state index in [1.54, 1.807) is 26.1 Å². The lowest BCUT2D eigenvalue weighted by Crippen LogP contribution is -2.40. The van der Waals surface area contributed by atoms with Crippen molar-refractivity contribution in [2.24, 2.45) is 5.73 Å². The molecule has 104 valence electrons. The summed E-state index contributed by atoms with van der Waals surface area (Å²) in [6.07, 6.45) is 0.397. The molecule has 0 radical (unpaired) electrons. The van der Waals surface area contributed by atoms with Gasteiger partial charge in [-0.1, -0.05) is 6.07 Å². The van der Waals surface area contributed by atoms with Crippen molar-refractivity contribution < 1.29 is 14.5 Å². The Balaban J connectivity index is 2.66. The Labute approximate surface area is 110 Å². The first kappa shape index (κ1) is 14.9. The molecular weight excluding hydrogens is 250 g/mol. The van der Waals surface area contributed by atoms with Gasteiger partial charge in [-0.15, -0.1) is 0 Å². The minimum atomic E-state index is -0.473. The van der Waals surface area contributed by atoms with Crippen LogP contribution in [-0.4, -0.2) is 30.5 Å². The van der Waals surface area contributed by atoms with Crippen molar-refractivity contribution in [1.82, 2.24) is 5.32 Å². The average Bonchev–Trinajstić information content (AvgIpc) is 2.35. The van der Waals surface area contributed by atoms with Gasteiger partial charge in [0.25, 0.3) is 5.69 Å². The van der Waals surface area contributed by atoms with E-state index in [1.165, 1.54) is 6.07 Å². The van der Waals surface area contributed by atoms with E-state index in [1.807, 2.05) is 0 Å². The number of ether oxygens (including phenoxy) is 1. The van der Waals surface area contributed by atoms with Crippen molar-refractivity contribution in [2.45, 2.75) is 19.4 Å². The van der Waals surface area contributed by atoms with Gasteiger partial charge < -0.3 is 15.8 Å². The lowest BCUT2D eigenvalue weighted by molar-refractivity contribution is -0.385. The van der Waals surface area contributed by atoms with Gasteiger partial charge in [0.2, 0.25) is 5.91 Å². The number of nitrogens with two attached hydrogens (primary N) is 1. The van der Waals surface area contributed by atoms with Gasteiger partial charge in [0.1, 0.15) is 5.75 Å². The van der Waals surface area contributed by atoms with Gasteiger partial charge in [-0.3, -0.25) is 14.9 Å². The van der Waals surface area contributed by atoms with Crippen LogP contribution in [0.3, 0.4) is 0 Å². The van der Waals surface area contributed by atoms with E-state index in [9.17, 15) is 14.9 Å². The van der Waals surface area contributed by atoms with E-state index in [4.69, 9.17) is 10.5 Å². The van der Waals surface area contributed by atoms with Crippen LogP contribution in [0.15, 0.2) is 18.2 Å². The lowest BCUT2D eigenvalue weighted by Gasteiger charge is -2.13. The maximum absolute atomic E-state index is 11.0. The molecule has 3 N–H and O–H groups in total. The van der Waals surface area contributed by atoms with Crippen molar-refractivity contribution in [3.63, 3.8) is 0 Å². The number of carbonyl (C=O) groups excluding carboxylic acids is 1. The number of hydrogen-bond donors (Lipinski definition) is 2. The summed E-state index contributed by atoms with van der Waals surface area (Å²) in [5, 5.41) is 13.5. The molecule has 19 heavy (non-hydrogen) atoms. The van der Waals surface area contributed by atoms with Crippen LogP contribution in [0.25, 0.3) is 0 Å². The largest absolute Gasteiger partial charge is 0.493 e. The quantitative estimate of drug-likeness (QED) is 0.559. The number of nitrogens with zero attached hydrogens (tertiary/aromatic N) is 1. The molecule has 0 saturated heterocycles. The average molecular weight is 267 g/mol. The Morgan fingerprint density at radius 3 is 2.79 bits per heavy atom. The Bertz CT molecular complexity index is 476. The van der Waals surface area contributed by atoms with E-state index in [2.05, 4.69) is 5.32 Å². The third-order valence-corrected chi connectivity index (χ3v) is 2.81. The molecule has 0 fully saturated rings. The number of nitro groups is 1. The fourth-order valence-electron chi connectivity index (χ4n) is 1.67. The first-order valence-electron chi connectivity index (χ1n) is 5.80. The monoisotopic (exact) mass is 267 g/mol. The molecule has 1 aromatic carbocycles. The second kappa shape index (κ2) is 6.69. The molecule has 0 aromatic heterocycles. The Kier molecular flexibility index (Phi) is 5.25. The van der Waals surface area contributed by atoms with Crippen LogP contribution in [0, 0.1) is 17.0 Å². The van der Waals surface area contributed by atoms with E-state index >= 15 is 0 Å². The van der Waals surface area contributed by atoms with E-state index in [0.717, 1.165) is 0 Å². The predicted octanol–water partition coefficient (Wildman–Crippen LogP) is 0.745. The van der Waals surface area contributed by atoms with Gasteiger partial charge >= 0.3 is 0 Å². The van der Waals surface area contributed by atoms with Crippen LogP contribution in [-0.2, 0) is 4.79 Å². The van der Waals surface area contributed by atoms with Gasteiger partial charge in [0, 0.05) is 12.5 Å². The SMILES string of the molecule is CNC(CCOc1cccc([N+](=O)[O-])c1C)C(N)=O. The summed E-state index contributed by atoms with van der Waals surface area (Å²) >= 11 is 0. The summed E-state index contributed by atoms with van der Waals surface area (Å²) in [6, 6.07) is 4.16. The summed E-state index contributed by atoms with van der Waals surface area (Å²) < 4.78 is 5.46. The van der Waals surface area contributed by atoms with Gasteiger partial charge in [0.05, 0.1) is 23.1 Å². The molecule has 1 unspecified atom stereocenters. The zero-order valence-electron chi connectivity index (χ0n) is 10.9. The molecule has 1 aromatic rings. The summed E-state index contributed by atoms with van der Waals surface area (Å²) in [6.45, 7) is 1.87. The Morgan fingerprint density at radius 1 is 1.58 bits per heavy atom. The zero-order chi connectivity index (χ0) is 14.4. The molecular formula is C12H17N3O4. The fraction of sp³-hybridized carbons (Fsp3) is 0.417. The minimum absolute atomic E-state index is 0.0116. The van der Waals surface area contributed by atoms with Crippen LogP contribution in [0.4, 0.5) is 5.69 Å². The maximum atomic E-state index is 11.0. The third-order valence-electron chi connectivity index (χ3n) is 2.81. The van der Waals surface area contributed by atoms with Crippen molar-refractivity contribution in [2.75, 3.05) is 13.7 Å². The molecule has 0 aliphatic carbocycles. The lowest BCUT2D eigenvalue weighted by atomic mass is 10.2. The number of carbonyl (C=O) groups is 1. The second-order valence-electron chi connectivity index (χ2n) is 4.04. The summed E-state index contributed by atoms with van der Waals surface area (Å²) in [4.78, 5) is 21.3. The van der Waals surface area contributed by atoms with Crippen LogP contribution in [0.1, 0.15) is 12.0 Å². The van der Waals surface area contributed by atoms with Crippen LogP contribution >= 0.6 is 0 Å². The highest BCUT2D eigenvalue weighted by Gasteiger charge is 2.16. The van der Waals surface area contributed by atoms with Crippen molar-refractivity contribution >= 4 is 11.6 Å². The predicted molar refractivity (Wildman–Crippen MR) is 70.0 cm³/mol.